The fourth-order valence-electron chi connectivity index (χ4n) is 2.59. The molecule has 1 aliphatic heterocycles. The maximum atomic E-state index is 6.21. The summed E-state index contributed by atoms with van der Waals surface area (Å²) in [5, 5.41) is 4.11. The first-order valence-electron chi connectivity index (χ1n) is 6.85. The zero-order valence-corrected chi connectivity index (χ0v) is 11.7. The van der Waals surface area contributed by atoms with Gasteiger partial charge in [-0.3, -0.25) is 10.4 Å². The third-order valence-corrected chi connectivity index (χ3v) is 3.98. The number of rotatable bonds is 3. The van der Waals surface area contributed by atoms with Gasteiger partial charge in [-0.2, -0.15) is 0 Å². The number of pyridine rings is 1. The molecule has 3 rings (SSSR count). The van der Waals surface area contributed by atoms with Crippen molar-refractivity contribution in [3.8, 4) is 0 Å². The minimum atomic E-state index is 0.768. The van der Waals surface area contributed by atoms with E-state index in [9.17, 15) is 0 Å². The minimum Gasteiger partial charge on any atom is -0.256 e. The SMILES string of the molecule is Clc1ccc(CNN2CCCCC2)c2ncccc12. The van der Waals surface area contributed by atoms with Crippen molar-refractivity contribution in [2.45, 2.75) is 25.8 Å². The van der Waals surface area contributed by atoms with E-state index in [4.69, 9.17) is 11.6 Å². The van der Waals surface area contributed by atoms with Gasteiger partial charge in [0.05, 0.1) is 5.52 Å². The molecule has 1 aromatic carbocycles. The molecule has 0 saturated carbocycles. The van der Waals surface area contributed by atoms with Crippen LogP contribution in [-0.2, 0) is 6.54 Å². The van der Waals surface area contributed by atoms with Crippen molar-refractivity contribution in [2.24, 2.45) is 0 Å². The zero-order chi connectivity index (χ0) is 13.1. The van der Waals surface area contributed by atoms with Crippen LogP contribution < -0.4 is 5.43 Å². The molecule has 3 nitrogen and oxygen atoms in total. The summed E-state index contributed by atoms with van der Waals surface area (Å²) in [5.41, 5.74) is 5.70. The third kappa shape index (κ3) is 2.89. The van der Waals surface area contributed by atoms with Gasteiger partial charge in [0.15, 0.2) is 0 Å². The van der Waals surface area contributed by atoms with E-state index in [-0.39, 0.29) is 0 Å². The molecule has 1 aliphatic rings. The smallest absolute Gasteiger partial charge is 0.0762 e. The maximum Gasteiger partial charge on any atom is 0.0762 e. The standard InChI is InChI=1S/C15H18ClN3/c16-14-7-6-12(15-13(14)5-4-8-17-15)11-18-19-9-2-1-3-10-19/h4-8,18H,1-3,9-11H2. The summed E-state index contributed by atoms with van der Waals surface area (Å²) >= 11 is 6.21. The van der Waals surface area contributed by atoms with Crippen molar-refractivity contribution in [3.63, 3.8) is 0 Å². The summed E-state index contributed by atoms with van der Waals surface area (Å²) in [6.45, 7) is 3.09. The van der Waals surface area contributed by atoms with Gasteiger partial charge in [-0.05, 0) is 36.6 Å². The summed E-state index contributed by atoms with van der Waals surface area (Å²) in [6.07, 6.45) is 5.74. The van der Waals surface area contributed by atoms with Crippen LogP contribution in [0, 0.1) is 0 Å². The summed E-state index contributed by atoms with van der Waals surface area (Å²) in [6, 6.07) is 7.97. The van der Waals surface area contributed by atoms with Gasteiger partial charge in [0.25, 0.3) is 0 Å². The monoisotopic (exact) mass is 275 g/mol. The number of benzene rings is 1. The fraction of sp³-hybridized carbons (Fsp3) is 0.400. The minimum absolute atomic E-state index is 0.768. The Morgan fingerprint density at radius 1 is 1.16 bits per heavy atom. The van der Waals surface area contributed by atoms with Crippen LogP contribution in [0.2, 0.25) is 5.02 Å². The average Bonchev–Trinajstić information content (AvgIpc) is 2.48. The van der Waals surface area contributed by atoms with Crippen molar-refractivity contribution >= 4 is 22.5 Å². The lowest BCUT2D eigenvalue weighted by Gasteiger charge is -2.27. The molecule has 0 aliphatic carbocycles. The van der Waals surface area contributed by atoms with Crippen molar-refractivity contribution in [2.75, 3.05) is 13.1 Å². The second-order valence-electron chi connectivity index (χ2n) is 4.99. The molecule has 0 radical (unpaired) electrons. The number of piperidine rings is 1. The van der Waals surface area contributed by atoms with Crippen LogP contribution in [0.4, 0.5) is 0 Å². The molecular weight excluding hydrogens is 258 g/mol. The van der Waals surface area contributed by atoms with Crippen LogP contribution in [0.3, 0.4) is 0 Å². The van der Waals surface area contributed by atoms with E-state index < -0.39 is 0 Å². The lowest BCUT2D eigenvalue weighted by molar-refractivity contribution is 0.151. The Morgan fingerprint density at radius 2 is 2.00 bits per heavy atom. The second-order valence-corrected chi connectivity index (χ2v) is 5.40. The molecule has 0 unspecified atom stereocenters. The number of fused-ring (bicyclic) bond motifs is 1. The first-order valence-corrected chi connectivity index (χ1v) is 7.23. The lowest BCUT2D eigenvalue weighted by Crippen LogP contribution is -2.41. The van der Waals surface area contributed by atoms with Gasteiger partial charge in [0, 0.05) is 36.2 Å². The van der Waals surface area contributed by atoms with Gasteiger partial charge in [0.2, 0.25) is 0 Å². The van der Waals surface area contributed by atoms with Crippen molar-refractivity contribution in [1.82, 2.24) is 15.4 Å². The number of hydrazine groups is 1. The van der Waals surface area contributed by atoms with Gasteiger partial charge in [-0.1, -0.05) is 24.1 Å². The van der Waals surface area contributed by atoms with Crippen LogP contribution >= 0.6 is 11.6 Å². The average molecular weight is 276 g/mol. The Hall–Kier alpha value is -1.16. The van der Waals surface area contributed by atoms with E-state index in [1.54, 1.807) is 0 Å². The molecule has 1 fully saturated rings. The first kappa shape index (κ1) is 12.9. The molecule has 0 atom stereocenters. The molecular formula is C15H18ClN3. The van der Waals surface area contributed by atoms with Gasteiger partial charge in [0.1, 0.15) is 0 Å². The van der Waals surface area contributed by atoms with E-state index in [0.29, 0.717) is 0 Å². The summed E-state index contributed by atoms with van der Waals surface area (Å²) in [7, 11) is 0. The van der Waals surface area contributed by atoms with Crippen LogP contribution in [0.15, 0.2) is 30.5 Å². The molecule has 0 bridgehead atoms. The molecule has 4 heteroatoms. The van der Waals surface area contributed by atoms with Gasteiger partial charge in [-0.15, -0.1) is 0 Å². The van der Waals surface area contributed by atoms with Crippen molar-refractivity contribution < 1.29 is 0 Å². The Kier molecular flexibility index (Phi) is 3.97. The molecule has 1 aromatic heterocycles. The van der Waals surface area contributed by atoms with Crippen LogP contribution in [0.1, 0.15) is 24.8 Å². The predicted molar refractivity (Wildman–Crippen MR) is 79.0 cm³/mol. The number of aromatic nitrogens is 1. The number of nitrogens with one attached hydrogen (secondary N) is 1. The topological polar surface area (TPSA) is 28.2 Å². The summed E-state index contributed by atoms with van der Waals surface area (Å²) in [4.78, 5) is 4.46. The summed E-state index contributed by atoms with van der Waals surface area (Å²) < 4.78 is 0. The van der Waals surface area contributed by atoms with E-state index in [1.165, 1.54) is 24.8 Å². The van der Waals surface area contributed by atoms with E-state index in [2.05, 4.69) is 21.5 Å². The maximum absolute atomic E-state index is 6.21. The van der Waals surface area contributed by atoms with E-state index >= 15 is 0 Å². The molecule has 0 spiro atoms. The molecule has 19 heavy (non-hydrogen) atoms. The Bertz CT molecular complexity index is 564. The second kappa shape index (κ2) is 5.87. The van der Waals surface area contributed by atoms with Gasteiger partial charge >= 0.3 is 0 Å². The quantitative estimate of drug-likeness (QED) is 0.931. The van der Waals surface area contributed by atoms with Crippen molar-refractivity contribution in [1.29, 1.82) is 0 Å². The number of hydrogen-bond acceptors (Lipinski definition) is 3. The largest absolute Gasteiger partial charge is 0.256 e. The van der Waals surface area contributed by atoms with Crippen LogP contribution in [0.25, 0.3) is 10.9 Å². The van der Waals surface area contributed by atoms with Gasteiger partial charge in [-0.25, -0.2) is 5.01 Å². The van der Waals surface area contributed by atoms with Crippen LogP contribution in [0.5, 0.6) is 0 Å². The van der Waals surface area contributed by atoms with Gasteiger partial charge < -0.3 is 0 Å². The fourth-order valence-corrected chi connectivity index (χ4v) is 2.80. The molecule has 2 heterocycles. The predicted octanol–water partition coefficient (Wildman–Crippen LogP) is 3.38. The van der Waals surface area contributed by atoms with E-state index in [1.807, 2.05) is 24.4 Å². The highest BCUT2D eigenvalue weighted by molar-refractivity contribution is 6.35. The molecule has 100 valence electrons. The zero-order valence-electron chi connectivity index (χ0n) is 10.9. The normalized spacial score (nSPS) is 16.9. The highest BCUT2D eigenvalue weighted by atomic mass is 35.5. The lowest BCUT2D eigenvalue weighted by atomic mass is 10.1. The van der Waals surface area contributed by atoms with E-state index in [0.717, 1.165) is 35.6 Å². The highest BCUT2D eigenvalue weighted by Gasteiger charge is 2.11. The Balaban J connectivity index is 1.79. The third-order valence-electron chi connectivity index (χ3n) is 3.65. The number of hydrogen-bond donors (Lipinski definition) is 1. The first-order chi connectivity index (χ1) is 9.34. The van der Waals surface area contributed by atoms with Crippen LogP contribution in [-0.4, -0.2) is 23.1 Å². The Morgan fingerprint density at radius 3 is 2.84 bits per heavy atom. The molecule has 1 saturated heterocycles. The molecule has 1 N–H and O–H groups in total. The molecule has 2 aromatic rings. The van der Waals surface area contributed by atoms with Crippen molar-refractivity contribution in [3.05, 3.63) is 41.0 Å². The summed E-state index contributed by atoms with van der Waals surface area (Å²) in [5.74, 6) is 0. The Labute approximate surface area is 118 Å². The highest BCUT2D eigenvalue weighted by Crippen LogP contribution is 2.24. The molecule has 0 amide bonds. The number of nitrogens with zero attached hydrogens (tertiary/aromatic N) is 2. The number of halogens is 1.